The van der Waals surface area contributed by atoms with Crippen LogP contribution in [0.5, 0.6) is 0 Å². The zero-order chi connectivity index (χ0) is 17.1. The van der Waals surface area contributed by atoms with Crippen molar-refractivity contribution in [2.75, 3.05) is 11.9 Å². The van der Waals surface area contributed by atoms with Crippen molar-refractivity contribution in [3.05, 3.63) is 60.9 Å². The maximum absolute atomic E-state index is 4.60. The topological polar surface area (TPSA) is 73.5 Å². The van der Waals surface area contributed by atoms with Gasteiger partial charge in [-0.25, -0.2) is 14.6 Å². The Bertz CT molecular complexity index is 972. The molecule has 4 aromatic rings. The average Bonchev–Trinajstić information content (AvgIpc) is 3.27. The van der Waals surface area contributed by atoms with Crippen molar-refractivity contribution in [2.45, 2.75) is 19.9 Å². The predicted molar refractivity (Wildman–Crippen MR) is 96.7 cm³/mol. The number of fused-ring (bicyclic) bond motifs is 1. The number of rotatable bonds is 6. The Kier molecular flexibility index (Phi) is 4.12. The molecular weight excluding hydrogens is 314 g/mol. The lowest BCUT2D eigenvalue weighted by Crippen LogP contribution is -2.10. The van der Waals surface area contributed by atoms with Gasteiger partial charge in [-0.3, -0.25) is 4.98 Å². The van der Waals surface area contributed by atoms with E-state index in [2.05, 4.69) is 42.1 Å². The first-order valence-electron chi connectivity index (χ1n) is 8.29. The fourth-order valence-corrected chi connectivity index (χ4v) is 2.89. The molecule has 0 aliphatic carbocycles. The van der Waals surface area contributed by atoms with Gasteiger partial charge in [0.25, 0.3) is 0 Å². The standard InChI is InChI=1S/C18H19N7/c1-14-22-15-6-2-3-7-16(15)24(14)10-4-8-20-17-12-19-13-18(23-17)25-11-5-9-21-25/h2-3,5-7,9,11-13H,4,8,10H2,1H3,(H,20,23). The highest BCUT2D eigenvalue weighted by molar-refractivity contribution is 5.75. The van der Waals surface area contributed by atoms with Crippen molar-refractivity contribution >= 4 is 16.9 Å². The van der Waals surface area contributed by atoms with Crippen LogP contribution in [0.25, 0.3) is 16.9 Å². The molecule has 7 heteroatoms. The van der Waals surface area contributed by atoms with Crippen LogP contribution in [0.15, 0.2) is 55.1 Å². The number of hydrogen-bond acceptors (Lipinski definition) is 5. The van der Waals surface area contributed by atoms with Crippen molar-refractivity contribution < 1.29 is 0 Å². The Morgan fingerprint density at radius 3 is 2.88 bits per heavy atom. The lowest BCUT2D eigenvalue weighted by Gasteiger charge is -2.09. The van der Waals surface area contributed by atoms with Crippen molar-refractivity contribution in [1.29, 1.82) is 0 Å². The summed E-state index contributed by atoms with van der Waals surface area (Å²) < 4.78 is 3.95. The maximum Gasteiger partial charge on any atom is 0.173 e. The fraction of sp³-hybridized carbons (Fsp3) is 0.222. The second-order valence-electron chi connectivity index (χ2n) is 5.79. The number of aryl methyl sites for hydroxylation is 2. The van der Waals surface area contributed by atoms with Crippen LogP contribution in [0.4, 0.5) is 5.82 Å². The van der Waals surface area contributed by atoms with E-state index in [1.165, 1.54) is 5.52 Å². The van der Waals surface area contributed by atoms with Crippen LogP contribution < -0.4 is 5.32 Å². The van der Waals surface area contributed by atoms with E-state index in [4.69, 9.17) is 0 Å². The molecule has 0 aliphatic heterocycles. The van der Waals surface area contributed by atoms with Gasteiger partial charge in [0.1, 0.15) is 11.6 Å². The van der Waals surface area contributed by atoms with E-state index in [0.717, 1.165) is 36.7 Å². The molecule has 0 fully saturated rings. The van der Waals surface area contributed by atoms with Gasteiger partial charge in [-0.05, 0) is 31.5 Å². The lowest BCUT2D eigenvalue weighted by molar-refractivity contribution is 0.658. The molecule has 0 saturated carbocycles. The number of anilines is 1. The van der Waals surface area contributed by atoms with Crippen LogP contribution in [0, 0.1) is 6.92 Å². The minimum atomic E-state index is 0.700. The van der Waals surface area contributed by atoms with E-state index in [9.17, 15) is 0 Å². The zero-order valence-electron chi connectivity index (χ0n) is 14.0. The van der Waals surface area contributed by atoms with Gasteiger partial charge >= 0.3 is 0 Å². The highest BCUT2D eigenvalue weighted by Gasteiger charge is 2.06. The predicted octanol–water partition coefficient (Wildman–Crippen LogP) is 2.82. The van der Waals surface area contributed by atoms with E-state index in [1.807, 2.05) is 31.3 Å². The number of hydrogen-bond donors (Lipinski definition) is 1. The summed E-state index contributed by atoms with van der Waals surface area (Å²) in [5.74, 6) is 2.49. The van der Waals surface area contributed by atoms with E-state index in [-0.39, 0.29) is 0 Å². The van der Waals surface area contributed by atoms with E-state index in [0.29, 0.717) is 5.82 Å². The Labute approximate surface area is 145 Å². The Hall–Kier alpha value is -3.22. The Morgan fingerprint density at radius 1 is 1.08 bits per heavy atom. The quantitative estimate of drug-likeness (QED) is 0.549. The van der Waals surface area contributed by atoms with Crippen molar-refractivity contribution in [3.8, 4) is 5.82 Å². The summed E-state index contributed by atoms with van der Waals surface area (Å²) in [6, 6.07) is 10.1. The molecule has 126 valence electrons. The molecule has 0 radical (unpaired) electrons. The summed E-state index contributed by atoms with van der Waals surface area (Å²) in [5.41, 5.74) is 2.23. The molecule has 4 rings (SSSR count). The van der Waals surface area contributed by atoms with Crippen molar-refractivity contribution in [1.82, 2.24) is 29.3 Å². The number of benzene rings is 1. The van der Waals surface area contributed by atoms with E-state index >= 15 is 0 Å². The van der Waals surface area contributed by atoms with Crippen LogP contribution >= 0.6 is 0 Å². The summed E-state index contributed by atoms with van der Waals surface area (Å²) in [6.07, 6.45) is 7.96. The number of imidazole rings is 1. The summed E-state index contributed by atoms with van der Waals surface area (Å²) in [6.45, 7) is 3.77. The van der Waals surface area contributed by atoms with Crippen LogP contribution in [0.3, 0.4) is 0 Å². The third kappa shape index (κ3) is 3.21. The molecule has 0 spiro atoms. The first-order chi connectivity index (χ1) is 12.3. The number of nitrogens with zero attached hydrogens (tertiary/aromatic N) is 6. The van der Waals surface area contributed by atoms with Crippen LogP contribution in [0.1, 0.15) is 12.2 Å². The SMILES string of the molecule is Cc1nc2ccccc2n1CCCNc1cncc(-n2cccn2)n1. The van der Waals surface area contributed by atoms with E-state index < -0.39 is 0 Å². The number of nitrogens with one attached hydrogen (secondary N) is 1. The summed E-state index contributed by atoms with van der Waals surface area (Å²) in [5, 5.41) is 7.50. The first-order valence-corrected chi connectivity index (χ1v) is 8.29. The largest absolute Gasteiger partial charge is 0.369 e. The summed E-state index contributed by atoms with van der Waals surface area (Å²) in [4.78, 5) is 13.3. The molecule has 0 saturated heterocycles. The van der Waals surface area contributed by atoms with Gasteiger partial charge in [0, 0.05) is 25.5 Å². The third-order valence-corrected chi connectivity index (χ3v) is 4.07. The van der Waals surface area contributed by atoms with Gasteiger partial charge in [0.05, 0.1) is 23.4 Å². The van der Waals surface area contributed by atoms with Gasteiger partial charge < -0.3 is 9.88 Å². The first kappa shape index (κ1) is 15.3. The molecule has 1 N–H and O–H groups in total. The smallest absolute Gasteiger partial charge is 0.173 e. The maximum atomic E-state index is 4.60. The minimum absolute atomic E-state index is 0.700. The normalized spacial score (nSPS) is 11.1. The molecule has 25 heavy (non-hydrogen) atoms. The van der Waals surface area contributed by atoms with Gasteiger partial charge in [-0.2, -0.15) is 5.10 Å². The Balaban J connectivity index is 1.38. The van der Waals surface area contributed by atoms with Crippen molar-refractivity contribution in [2.24, 2.45) is 0 Å². The molecule has 0 unspecified atom stereocenters. The molecule has 0 aliphatic rings. The average molecular weight is 333 g/mol. The molecule has 3 aromatic heterocycles. The highest BCUT2D eigenvalue weighted by Crippen LogP contribution is 2.15. The van der Waals surface area contributed by atoms with Crippen molar-refractivity contribution in [3.63, 3.8) is 0 Å². The van der Waals surface area contributed by atoms with Crippen LogP contribution in [-0.4, -0.2) is 35.8 Å². The molecule has 3 heterocycles. The Morgan fingerprint density at radius 2 is 2.00 bits per heavy atom. The number of aromatic nitrogens is 6. The molecule has 0 atom stereocenters. The molecular formula is C18H19N7. The van der Waals surface area contributed by atoms with Crippen LogP contribution in [0.2, 0.25) is 0 Å². The van der Waals surface area contributed by atoms with Crippen LogP contribution in [-0.2, 0) is 6.54 Å². The van der Waals surface area contributed by atoms with Gasteiger partial charge in [0.2, 0.25) is 0 Å². The highest BCUT2D eigenvalue weighted by atomic mass is 15.3. The monoisotopic (exact) mass is 333 g/mol. The second kappa shape index (κ2) is 6.72. The van der Waals surface area contributed by atoms with Gasteiger partial charge in [-0.15, -0.1) is 0 Å². The second-order valence-corrected chi connectivity index (χ2v) is 5.79. The lowest BCUT2D eigenvalue weighted by atomic mass is 10.3. The third-order valence-electron chi connectivity index (χ3n) is 4.07. The minimum Gasteiger partial charge on any atom is -0.369 e. The number of para-hydroxylation sites is 2. The molecule has 7 nitrogen and oxygen atoms in total. The molecule has 0 bridgehead atoms. The zero-order valence-corrected chi connectivity index (χ0v) is 14.0. The van der Waals surface area contributed by atoms with Gasteiger partial charge in [0.15, 0.2) is 5.82 Å². The summed E-state index contributed by atoms with van der Waals surface area (Å²) >= 11 is 0. The van der Waals surface area contributed by atoms with Gasteiger partial charge in [-0.1, -0.05) is 12.1 Å². The molecule has 0 amide bonds. The fourth-order valence-electron chi connectivity index (χ4n) is 2.89. The van der Waals surface area contributed by atoms with E-state index in [1.54, 1.807) is 23.3 Å². The summed E-state index contributed by atoms with van der Waals surface area (Å²) in [7, 11) is 0. The molecule has 1 aromatic carbocycles.